The molecule has 0 aliphatic heterocycles. The van der Waals surface area contributed by atoms with Gasteiger partial charge in [-0.25, -0.2) is 0 Å². The molecule has 0 unspecified atom stereocenters. The smallest absolute Gasteiger partial charge is 0.389 e. The second-order valence-electron chi connectivity index (χ2n) is 4.06. The summed E-state index contributed by atoms with van der Waals surface area (Å²) in [5.74, 6) is 0. The van der Waals surface area contributed by atoms with E-state index in [-0.39, 0.29) is 6.42 Å². The molecule has 1 aromatic rings. The van der Waals surface area contributed by atoms with Crippen LogP contribution in [0.2, 0.25) is 0 Å². The summed E-state index contributed by atoms with van der Waals surface area (Å²) in [6, 6.07) is 5.34. The zero-order valence-corrected chi connectivity index (χ0v) is 12.5. The number of nitrogens with one attached hydrogen (secondary N) is 1. The normalized spacial score (nSPS) is 11.4. The van der Waals surface area contributed by atoms with Crippen molar-refractivity contribution in [3.05, 3.63) is 28.2 Å². The topological polar surface area (TPSA) is 38.0 Å². The molecule has 0 fully saturated rings. The maximum Gasteiger partial charge on any atom is 0.389 e. The van der Waals surface area contributed by atoms with Crippen LogP contribution in [-0.2, 0) is 0 Å². The van der Waals surface area contributed by atoms with E-state index in [1.54, 1.807) is 18.2 Å². The number of thiocarbonyl (C=S) groups is 1. The molecular formula is C12H14BrF3N2S. The number of halogens is 4. The van der Waals surface area contributed by atoms with Crippen molar-refractivity contribution in [3.8, 4) is 0 Å². The quantitative estimate of drug-likeness (QED) is 0.593. The van der Waals surface area contributed by atoms with Gasteiger partial charge in [-0.2, -0.15) is 13.2 Å². The number of hydrogen-bond acceptors (Lipinski definition) is 2. The van der Waals surface area contributed by atoms with E-state index in [0.29, 0.717) is 18.0 Å². The van der Waals surface area contributed by atoms with Crippen molar-refractivity contribution in [2.45, 2.75) is 25.4 Å². The molecule has 0 spiro atoms. The summed E-state index contributed by atoms with van der Waals surface area (Å²) in [4.78, 5) is 0.303. The third kappa shape index (κ3) is 6.24. The summed E-state index contributed by atoms with van der Waals surface area (Å²) in [5, 5.41) is 3.07. The Morgan fingerprint density at radius 1 is 1.32 bits per heavy atom. The predicted octanol–water partition coefficient (Wildman–Crippen LogP) is 4.23. The van der Waals surface area contributed by atoms with E-state index in [0.717, 1.165) is 15.7 Å². The zero-order chi connectivity index (χ0) is 14.5. The molecule has 0 saturated carbocycles. The van der Waals surface area contributed by atoms with E-state index in [1.165, 1.54) is 0 Å². The highest BCUT2D eigenvalue weighted by atomic mass is 79.9. The SMILES string of the molecule is NC(=S)c1ccc(NCCCCC(F)(F)F)c(Br)c1. The van der Waals surface area contributed by atoms with Gasteiger partial charge < -0.3 is 11.1 Å². The molecule has 0 atom stereocenters. The van der Waals surface area contributed by atoms with E-state index in [1.807, 2.05) is 0 Å². The van der Waals surface area contributed by atoms with E-state index in [4.69, 9.17) is 18.0 Å². The molecule has 0 aliphatic rings. The van der Waals surface area contributed by atoms with Gasteiger partial charge in [0.25, 0.3) is 0 Å². The van der Waals surface area contributed by atoms with Crippen LogP contribution in [0, 0.1) is 0 Å². The minimum absolute atomic E-state index is 0.124. The van der Waals surface area contributed by atoms with Crippen molar-refractivity contribution in [1.82, 2.24) is 0 Å². The number of unbranched alkanes of at least 4 members (excludes halogenated alkanes) is 1. The van der Waals surface area contributed by atoms with Gasteiger partial charge >= 0.3 is 6.18 Å². The largest absolute Gasteiger partial charge is 0.389 e. The molecule has 1 aromatic carbocycles. The number of nitrogens with two attached hydrogens (primary N) is 1. The highest BCUT2D eigenvalue weighted by Crippen LogP contribution is 2.25. The molecule has 7 heteroatoms. The number of hydrogen-bond donors (Lipinski definition) is 2. The molecule has 106 valence electrons. The highest BCUT2D eigenvalue weighted by molar-refractivity contribution is 9.10. The van der Waals surface area contributed by atoms with Gasteiger partial charge in [0.2, 0.25) is 0 Å². The fraction of sp³-hybridized carbons (Fsp3) is 0.417. The summed E-state index contributed by atoms with van der Waals surface area (Å²) >= 11 is 8.21. The monoisotopic (exact) mass is 354 g/mol. The Balaban J connectivity index is 2.40. The molecule has 0 aromatic heterocycles. The summed E-state index contributed by atoms with van der Waals surface area (Å²) in [6.45, 7) is 0.487. The van der Waals surface area contributed by atoms with Gasteiger partial charge in [0.05, 0.1) is 0 Å². The van der Waals surface area contributed by atoms with Crippen LogP contribution in [-0.4, -0.2) is 17.7 Å². The number of alkyl halides is 3. The van der Waals surface area contributed by atoms with Gasteiger partial charge in [0.1, 0.15) is 4.99 Å². The van der Waals surface area contributed by atoms with Crippen LogP contribution in [0.25, 0.3) is 0 Å². The Hall–Kier alpha value is -0.820. The van der Waals surface area contributed by atoms with Crippen molar-refractivity contribution in [2.75, 3.05) is 11.9 Å². The van der Waals surface area contributed by atoms with Crippen LogP contribution in [0.4, 0.5) is 18.9 Å². The summed E-state index contributed by atoms with van der Waals surface area (Å²) in [5.41, 5.74) is 7.05. The average Bonchev–Trinajstić information content (AvgIpc) is 2.28. The second kappa shape index (κ2) is 7.09. The fourth-order valence-corrected chi connectivity index (χ4v) is 2.13. The Bertz CT molecular complexity index is 449. The molecule has 0 bridgehead atoms. The third-order valence-electron chi connectivity index (χ3n) is 2.46. The fourth-order valence-electron chi connectivity index (χ4n) is 1.49. The number of anilines is 1. The average molecular weight is 355 g/mol. The molecule has 1 rings (SSSR count). The van der Waals surface area contributed by atoms with Crippen molar-refractivity contribution in [3.63, 3.8) is 0 Å². The number of benzene rings is 1. The standard InChI is InChI=1S/C12H14BrF3N2S/c13-9-7-8(11(17)19)3-4-10(9)18-6-2-1-5-12(14,15)16/h3-4,7,18H,1-2,5-6H2,(H2,17,19). The maximum absolute atomic E-state index is 11.9. The van der Waals surface area contributed by atoms with E-state index < -0.39 is 12.6 Å². The first-order chi connectivity index (χ1) is 8.79. The van der Waals surface area contributed by atoms with Crippen molar-refractivity contribution in [2.24, 2.45) is 5.73 Å². The lowest BCUT2D eigenvalue weighted by Gasteiger charge is -2.10. The Morgan fingerprint density at radius 2 is 2.00 bits per heavy atom. The molecule has 0 amide bonds. The predicted molar refractivity (Wildman–Crippen MR) is 78.4 cm³/mol. The summed E-state index contributed by atoms with van der Waals surface area (Å²) < 4.78 is 36.6. The van der Waals surface area contributed by atoms with Crippen LogP contribution in [0.15, 0.2) is 22.7 Å². The highest BCUT2D eigenvalue weighted by Gasteiger charge is 2.25. The van der Waals surface area contributed by atoms with Crippen molar-refractivity contribution in [1.29, 1.82) is 0 Å². The van der Waals surface area contributed by atoms with Crippen molar-refractivity contribution >= 4 is 38.8 Å². The Morgan fingerprint density at radius 3 is 2.53 bits per heavy atom. The lowest BCUT2D eigenvalue weighted by atomic mass is 10.2. The van der Waals surface area contributed by atoms with Crippen LogP contribution in [0.1, 0.15) is 24.8 Å². The summed E-state index contributed by atoms with van der Waals surface area (Å²) in [6.07, 6.45) is -4.22. The van der Waals surface area contributed by atoms with Gasteiger partial charge in [-0.3, -0.25) is 0 Å². The zero-order valence-electron chi connectivity index (χ0n) is 10.1. The Labute approximate surface area is 123 Å². The molecule has 19 heavy (non-hydrogen) atoms. The van der Waals surface area contributed by atoms with Gasteiger partial charge in [-0.05, 0) is 47.0 Å². The van der Waals surface area contributed by atoms with Crippen LogP contribution in [0.3, 0.4) is 0 Å². The van der Waals surface area contributed by atoms with E-state index in [2.05, 4.69) is 21.2 Å². The molecule has 3 N–H and O–H groups in total. The lowest BCUT2D eigenvalue weighted by Crippen LogP contribution is -2.10. The van der Waals surface area contributed by atoms with E-state index >= 15 is 0 Å². The molecule has 0 aliphatic carbocycles. The van der Waals surface area contributed by atoms with Crippen LogP contribution in [0.5, 0.6) is 0 Å². The van der Waals surface area contributed by atoms with Crippen molar-refractivity contribution < 1.29 is 13.2 Å². The number of rotatable bonds is 6. The third-order valence-corrected chi connectivity index (χ3v) is 3.35. The summed E-state index contributed by atoms with van der Waals surface area (Å²) in [7, 11) is 0. The van der Waals surface area contributed by atoms with Gasteiger partial charge in [0, 0.05) is 28.7 Å². The van der Waals surface area contributed by atoms with Gasteiger partial charge in [0.15, 0.2) is 0 Å². The minimum Gasteiger partial charge on any atom is -0.389 e. The molecular weight excluding hydrogens is 341 g/mol. The molecule has 0 radical (unpaired) electrons. The lowest BCUT2D eigenvalue weighted by molar-refractivity contribution is -0.135. The first-order valence-corrected chi connectivity index (χ1v) is 6.90. The minimum atomic E-state index is -4.07. The Kier molecular flexibility index (Phi) is 6.06. The van der Waals surface area contributed by atoms with Crippen LogP contribution >= 0.6 is 28.1 Å². The second-order valence-corrected chi connectivity index (χ2v) is 5.35. The van der Waals surface area contributed by atoms with E-state index in [9.17, 15) is 13.2 Å². The molecule has 0 heterocycles. The van der Waals surface area contributed by atoms with Crippen LogP contribution < -0.4 is 11.1 Å². The first-order valence-electron chi connectivity index (χ1n) is 5.69. The van der Waals surface area contributed by atoms with Gasteiger partial charge in [-0.1, -0.05) is 12.2 Å². The van der Waals surface area contributed by atoms with Gasteiger partial charge in [-0.15, -0.1) is 0 Å². The molecule has 0 saturated heterocycles. The first kappa shape index (κ1) is 16.2. The molecule has 2 nitrogen and oxygen atoms in total. The maximum atomic E-state index is 11.9.